The Bertz CT molecular complexity index is 1080. The van der Waals surface area contributed by atoms with Crippen molar-refractivity contribution in [3.05, 3.63) is 65.4 Å². The number of aryl methyl sites for hydroxylation is 1. The molecule has 0 spiro atoms. The Morgan fingerprint density at radius 3 is 2.59 bits per heavy atom. The molecule has 0 radical (unpaired) electrons. The third kappa shape index (κ3) is 3.78. The number of esters is 1. The maximum Gasteiger partial charge on any atom is 0.338 e. The van der Waals surface area contributed by atoms with E-state index in [0.29, 0.717) is 24.1 Å². The van der Waals surface area contributed by atoms with Gasteiger partial charge in [-0.1, -0.05) is 18.2 Å². The number of nitrogens with zero attached hydrogens (tertiary/aromatic N) is 1. The number of fused-ring (bicyclic) bond motifs is 1. The first-order chi connectivity index (χ1) is 14.0. The molecular weight excluding hydrogens is 368 g/mol. The molecule has 1 amide bonds. The maximum absolute atomic E-state index is 12.6. The van der Waals surface area contributed by atoms with Crippen molar-refractivity contribution >= 4 is 34.3 Å². The molecule has 1 aliphatic rings. The van der Waals surface area contributed by atoms with E-state index in [1.807, 2.05) is 31.2 Å². The first-order valence-corrected chi connectivity index (χ1v) is 9.72. The van der Waals surface area contributed by atoms with Crippen LogP contribution in [-0.2, 0) is 9.53 Å². The Hall–Kier alpha value is -3.41. The van der Waals surface area contributed by atoms with Crippen molar-refractivity contribution in [1.82, 2.24) is 4.98 Å². The van der Waals surface area contributed by atoms with Crippen LogP contribution in [0.1, 0.15) is 45.7 Å². The van der Waals surface area contributed by atoms with Gasteiger partial charge in [0, 0.05) is 40.8 Å². The molecule has 1 aromatic heterocycles. The van der Waals surface area contributed by atoms with Crippen molar-refractivity contribution in [2.45, 2.75) is 26.2 Å². The van der Waals surface area contributed by atoms with Gasteiger partial charge in [-0.15, -0.1) is 0 Å². The molecule has 1 saturated heterocycles. The summed E-state index contributed by atoms with van der Waals surface area (Å²) in [6.07, 6.45) is 2.45. The van der Waals surface area contributed by atoms with E-state index < -0.39 is 5.97 Å². The molecule has 6 nitrogen and oxygen atoms in total. The third-order valence-electron chi connectivity index (χ3n) is 5.24. The number of Topliss-reactive ketones (excluding diaryl/α,β-unsaturated/α-hetero) is 1. The molecule has 29 heavy (non-hydrogen) atoms. The summed E-state index contributed by atoms with van der Waals surface area (Å²) in [5.41, 5.74) is 3.30. The van der Waals surface area contributed by atoms with Gasteiger partial charge in [-0.25, -0.2) is 4.79 Å². The number of piperidine rings is 1. The smallest absolute Gasteiger partial charge is 0.338 e. The van der Waals surface area contributed by atoms with Gasteiger partial charge in [0.1, 0.15) is 0 Å². The fraction of sp³-hybridized carbons (Fsp3) is 0.261. The lowest BCUT2D eigenvalue weighted by molar-refractivity contribution is -0.119. The summed E-state index contributed by atoms with van der Waals surface area (Å²) in [5, 5.41) is 0.821. The van der Waals surface area contributed by atoms with Crippen LogP contribution in [0.25, 0.3) is 10.9 Å². The van der Waals surface area contributed by atoms with Gasteiger partial charge in [0.15, 0.2) is 6.61 Å². The van der Waals surface area contributed by atoms with Crippen molar-refractivity contribution in [1.29, 1.82) is 0 Å². The molecule has 1 N–H and O–H groups in total. The van der Waals surface area contributed by atoms with Crippen molar-refractivity contribution in [2.75, 3.05) is 18.1 Å². The highest BCUT2D eigenvalue weighted by molar-refractivity contribution is 6.10. The van der Waals surface area contributed by atoms with E-state index in [0.717, 1.165) is 35.1 Å². The summed E-state index contributed by atoms with van der Waals surface area (Å²) >= 11 is 0. The van der Waals surface area contributed by atoms with Gasteiger partial charge in [0.05, 0.1) is 5.56 Å². The number of nitrogens with one attached hydrogen (secondary N) is 1. The fourth-order valence-electron chi connectivity index (χ4n) is 3.78. The lowest BCUT2D eigenvalue weighted by Gasteiger charge is -2.26. The number of ketones is 1. The number of carbonyl (C=O) groups excluding carboxylic acids is 3. The first kappa shape index (κ1) is 18.9. The average Bonchev–Trinajstić information content (AvgIpc) is 3.08. The zero-order valence-electron chi connectivity index (χ0n) is 16.2. The minimum atomic E-state index is -0.563. The van der Waals surface area contributed by atoms with Gasteiger partial charge in [-0.3, -0.25) is 9.59 Å². The summed E-state index contributed by atoms with van der Waals surface area (Å²) in [6.45, 7) is 2.20. The maximum atomic E-state index is 12.6. The lowest BCUT2D eigenvalue weighted by atomic mass is 10.1. The number of aromatic nitrogens is 1. The summed E-state index contributed by atoms with van der Waals surface area (Å²) in [6, 6.07) is 14.3. The van der Waals surface area contributed by atoms with Crippen molar-refractivity contribution in [2.24, 2.45) is 0 Å². The molecule has 148 valence electrons. The predicted molar refractivity (Wildman–Crippen MR) is 110 cm³/mol. The monoisotopic (exact) mass is 390 g/mol. The van der Waals surface area contributed by atoms with Crippen molar-refractivity contribution in [3.63, 3.8) is 0 Å². The number of amides is 1. The Balaban J connectivity index is 1.42. The van der Waals surface area contributed by atoms with Gasteiger partial charge in [0.2, 0.25) is 11.7 Å². The number of carbonyl (C=O) groups is 3. The standard InChI is InChI=1S/C23H22N2O4/c1-15-22(18-6-2-3-7-19(18)24-15)20(26)14-29-23(28)16-9-11-17(12-10-16)25-13-5-4-8-21(25)27/h2-3,6-7,9-12,24H,4-5,8,13-14H2,1H3. The van der Waals surface area contributed by atoms with E-state index in [4.69, 9.17) is 4.74 Å². The van der Waals surface area contributed by atoms with Crippen LogP contribution in [0.5, 0.6) is 0 Å². The van der Waals surface area contributed by atoms with Crippen LogP contribution in [0, 0.1) is 6.92 Å². The van der Waals surface area contributed by atoms with E-state index in [1.165, 1.54) is 0 Å². The normalized spacial score (nSPS) is 14.2. The number of anilines is 1. The van der Waals surface area contributed by atoms with E-state index in [9.17, 15) is 14.4 Å². The molecular formula is C23H22N2O4. The first-order valence-electron chi connectivity index (χ1n) is 9.72. The molecule has 1 aliphatic heterocycles. The number of H-pyrrole nitrogens is 1. The zero-order chi connectivity index (χ0) is 20.4. The van der Waals surface area contributed by atoms with Gasteiger partial charge >= 0.3 is 5.97 Å². The summed E-state index contributed by atoms with van der Waals surface area (Å²) in [4.78, 5) is 41.9. The number of ether oxygens (including phenoxy) is 1. The minimum absolute atomic E-state index is 0.103. The number of hydrogen-bond donors (Lipinski definition) is 1. The van der Waals surface area contributed by atoms with Gasteiger partial charge < -0.3 is 14.6 Å². The van der Waals surface area contributed by atoms with E-state index in [1.54, 1.807) is 29.2 Å². The number of para-hydroxylation sites is 1. The molecule has 3 aromatic rings. The van der Waals surface area contributed by atoms with E-state index in [-0.39, 0.29) is 18.3 Å². The third-order valence-corrected chi connectivity index (χ3v) is 5.24. The molecule has 6 heteroatoms. The lowest BCUT2D eigenvalue weighted by Crippen LogP contribution is -2.35. The number of hydrogen-bond acceptors (Lipinski definition) is 4. The number of aromatic amines is 1. The highest BCUT2D eigenvalue weighted by atomic mass is 16.5. The molecule has 2 heterocycles. The van der Waals surface area contributed by atoms with Crippen LogP contribution in [0.4, 0.5) is 5.69 Å². The molecule has 1 fully saturated rings. The van der Waals surface area contributed by atoms with Gasteiger partial charge in [-0.05, 0) is 50.1 Å². The Morgan fingerprint density at radius 1 is 1.07 bits per heavy atom. The molecule has 0 saturated carbocycles. The SMILES string of the molecule is Cc1[nH]c2ccccc2c1C(=O)COC(=O)c1ccc(N2CCCCC2=O)cc1. The molecule has 0 atom stereocenters. The summed E-state index contributed by atoms with van der Waals surface area (Å²) < 4.78 is 5.24. The quantitative estimate of drug-likeness (QED) is 0.527. The summed E-state index contributed by atoms with van der Waals surface area (Å²) in [5.74, 6) is -0.706. The average molecular weight is 390 g/mol. The van der Waals surface area contributed by atoms with Crippen LogP contribution in [-0.4, -0.2) is 35.8 Å². The molecule has 2 aromatic carbocycles. The van der Waals surface area contributed by atoms with Crippen LogP contribution in [0.2, 0.25) is 0 Å². The number of benzene rings is 2. The Labute approximate surface area is 168 Å². The van der Waals surface area contributed by atoms with Crippen LogP contribution < -0.4 is 4.90 Å². The molecule has 0 bridgehead atoms. The second-order valence-corrected chi connectivity index (χ2v) is 7.22. The van der Waals surface area contributed by atoms with E-state index in [2.05, 4.69) is 4.98 Å². The highest BCUT2D eigenvalue weighted by Gasteiger charge is 2.21. The molecule has 0 unspecified atom stereocenters. The summed E-state index contributed by atoms with van der Waals surface area (Å²) in [7, 11) is 0. The van der Waals surface area contributed by atoms with Gasteiger partial charge in [-0.2, -0.15) is 0 Å². The molecule has 4 rings (SSSR count). The van der Waals surface area contributed by atoms with Gasteiger partial charge in [0.25, 0.3) is 0 Å². The topological polar surface area (TPSA) is 79.5 Å². The van der Waals surface area contributed by atoms with Crippen LogP contribution in [0.3, 0.4) is 0 Å². The van der Waals surface area contributed by atoms with E-state index >= 15 is 0 Å². The Morgan fingerprint density at radius 2 is 1.83 bits per heavy atom. The number of rotatable bonds is 5. The fourth-order valence-corrected chi connectivity index (χ4v) is 3.78. The largest absolute Gasteiger partial charge is 0.454 e. The minimum Gasteiger partial charge on any atom is -0.454 e. The predicted octanol–water partition coefficient (Wildman–Crippen LogP) is 4.03. The Kier molecular flexibility index (Phi) is 5.16. The second-order valence-electron chi connectivity index (χ2n) is 7.22. The highest BCUT2D eigenvalue weighted by Crippen LogP contribution is 2.23. The van der Waals surface area contributed by atoms with Crippen molar-refractivity contribution in [3.8, 4) is 0 Å². The van der Waals surface area contributed by atoms with Crippen molar-refractivity contribution < 1.29 is 19.1 Å². The van der Waals surface area contributed by atoms with Crippen LogP contribution >= 0.6 is 0 Å². The van der Waals surface area contributed by atoms with Crippen LogP contribution in [0.15, 0.2) is 48.5 Å². The molecule has 0 aliphatic carbocycles. The zero-order valence-corrected chi connectivity index (χ0v) is 16.2. The second kappa shape index (κ2) is 7.91.